The summed E-state index contributed by atoms with van der Waals surface area (Å²) in [4.78, 5) is 67.9. The Morgan fingerprint density at radius 3 is 1.25 bits per heavy atom. The number of rotatable bonds is 13. The minimum absolute atomic E-state index is 0.147. The van der Waals surface area contributed by atoms with Crippen molar-refractivity contribution in [3.63, 3.8) is 0 Å². The molecule has 16 nitrogen and oxygen atoms in total. The van der Waals surface area contributed by atoms with Gasteiger partial charge in [0.25, 0.3) is 0 Å². The van der Waals surface area contributed by atoms with E-state index in [0.29, 0.717) is 29.9 Å². The van der Waals surface area contributed by atoms with Gasteiger partial charge in [-0.3, -0.25) is 9.13 Å². The van der Waals surface area contributed by atoms with Crippen molar-refractivity contribution in [3.05, 3.63) is 231 Å². The quantitative estimate of drug-likeness (QED) is 0.102. The van der Waals surface area contributed by atoms with E-state index < -0.39 is 17.1 Å². The van der Waals surface area contributed by atoms with Crippen molar-refractivity contribution in [2.45, 2.75) is 72.1 Å². The highest BCUT2D eigenvalue weighted by Gasteiger charge is 2.16. The predicted molar refractivity (Wildman–Crippen MR) is 271 cm³/mol. The van der Waals surface area contributed by atoms with Crippen LogP contribution in [0.5, 0.6) is 0 Å². The number of benzene rings is 4. The molecule has 0 aliphatic carbocycles. The van der Waals surface area contributed by atoms with E-state index in [2.05, 4.69) is 25.3 Å². The number of nitrogen functional groups attached to an aromatic ring is 2. The van der Waals surface area contributed by atoms with Crippen LogP contribution in [0.15, 0.2) is 158 Å². The lowest BCUT2D eigenvalue weighted by Gasteiger charge is -2.16. The molecule has 0 unspecified atom stereocenters. The molecule has 0 spiro atoms. The summed E-state index contributed by atoms with van der Waals surface area (Å²) in [6.45, 7) is 9.77. The second kappa shape index (κ2) is 23.5. The molecule has 7 N–H and O–H groups in total. The predicted octanol–water partition coefficient (Wildman–Crippen LogP) is 5.67. The van der Waals surface area contributed by atoms with Crippen LogP contribution in [0, 0.1) is 27.7 Å². The molecule has 8 aromatic rings. The van der Waals surface area contributed by atoms with Crippen molar-refractivity contribution in [2.24, 2.45) is 5.73 Å². The molecule has 0 saturated carbocycles. The number of pyridine rings is 2. The summed E-state index contributed by atoms with van der Waals surface area (Å²) in [5.41, 5.74) is 24.7. The summed E-state index contributed by atoms with van der Waals surface area (Å²) in [5, 5.41) is 3.53. The van der Waals surface area contributed by atoms with E-state index in [0.717, 1.165) is 60.2 Å². The highest BCUT2D eigenvalue weighted by Crippen LogP contribution is 2.14. The number of nitrogens with zero attached hydrogens (tertiary/aromatic N) is 8. The van der Waals surface area contributed by atoms with E-state index in [1.165, 1.54) is 20.9 Å². The van der Waals surface area contributed by atoms with Gasteiger partial charge in [0.1, 0.15) is 11.6 Å². The fourth-order valence-electron chi connectivity index (χ4n) is 6.78. The Balaban J connectivity index is 0.000000193. The van der Waals surface area contributed by atoms with E-state index in [1.807, 2.05) is 149 Å². The first kappa shape index (κ1) is 49.5. The normalized spacial score (nSPS) is 10.7. The lowest BCUT2D eigenvalue weighted by molar-refractivity contribution is 0.527. The third-order valence-corrected chi connectivity index (χ3v) is 11.5. The number of anilines is 3. The van der Waals surface area contributed by atoms with Crippen LogP contribution in [0.1, 0.15) is 55.6 Å². The Labute approximate surface area is 398 Å². The average molecular weight is 933 g/mol. The number of hydrogen-bond donors (Lipinski definition) is 4. The Morgan fingerprint density at radius 2 is 0.868 bits per heavy atom. The molecule has 8 rings (SSSR count). The van der Waals surface area contributed by atoms with E-state index in [9.17, 15) is 19.2 Å². The van der Waals surface area contributed by atoms with Crippen LogP contribution in [0.25, 0.3) is 0 Å². The summed E-state index contributed by atoms with van der Waals surface area (Å²) < 4.78 is 5.39. The number of thioether (sulfide) groups is 1. The van der Waals surface area contributed by atoms with E-state index in [1.54, 1.807) is 23.0 Å². The first-order valence-corrected chi connectivity index (χ1v) is 23.0. The van der Waals surface area contributed by atoms with Gasteiger partial charge in [-0.15, -0.1) is 0 Å². The largest absolute Gasteiger partial charge is 0.383 e. The summed E-state index contributed by atoms with van der Waals surface area (Å²) in [6.07, 6.45) is 5.07. The maximum absolute atomic E-state index is 13.4. The van der Waals surface area contributed by atoms with Crippen LogP contribution < -0.4 is 45.3 Å². The average Bonchev–Trinajstić information content (AvgIpc) is 3.34. The lowest BCUT2D eigenvalue weighted by Crippen LogP contribution is -2.43. The van der Waals surface area contributed by atoms with Gasteiger partial charge in [0.2, 0.25) is 5.95 Å². The molecule has 68 heavy (non-hydrogen) atoms. The van der Waals surface area contributed by atoms with Crippen LogP contribution in [0.4, 0.5) is 17.6 Å². The maximum atomic E-state index is 13.4. The molecule has 4 aromatic carbocycles. The van der Waals surface area contributed by atoms with E-state index >= 15 is 0 Å². The number of aryl methyl sites for hydroxylation is 4. The number of aromatic nitrogens is 8. The molecule has 0 amide bonds. The highest BCUT2D eigenvalue weighted by atomic mass is 32.2. The van der Waals surface area contributed by atoms with Crippen molar-refractivity contribution >= 4 is 29.3 Å². The van der Waals surface area contributed by atoms with Crippen molar-refractivity contribution in [1.29, 1.82) is 0 Å². The minimum atomic E-state index is -0.609. The van der Waals surface area contributed by atoms with Crippen molar-refractivity contribution in [1.82, 2.24) is 38.2 Å². The number of hydrogen-bond acceptors (Lipinski definition) is 13. The molecular formula is C51H56N12O4S. The Kier molecular flexibility index (Phi) is 17.1. The number of nitrogens with two attached hydrogens (primary N) is 3. The van der Waals surface area contributed by atoms with Crippen LogP contribution in [-0.2, 0) is 39.3 Å². The summed E-state index contributed by atoms with van der Waals surface area (Å²) in [7, 11) is 0. The molecule has 0 saturated heterocycles. The number of nitrogens with one attached hydrogen (secondary N) is 1. The van der Waals surface area contributed by atoms with Gasteiger partial charge < -0.3 is 22.5 Å². The molecule has 0 aliphatic rings. The van der Waals surface area contributed by atoms with Gasteiger partial charge in [0.05, 0.1) is 26.2 Å². The molecule has 0 aliphatic heterocycles. The zero-order chi connectivity index (χ0) is 48.7. The molecule has 17 heteroatoms. The fraction of sp³-hybridized carbons (Fsp3) is 0.216. The standard InChI is InChI=1S/C25H26N6O2.C20H21N3O2S.C6H9N3/c1-17-5-9-19(10-6-17)15-30-23(28-14-21-4-3-13-27-22(21)26)29-24(32)31(25(30)33)16-20-11-7-18(2)8-12-20;1-14-4-8-16(9-5-14)12-22-18(24)21-19(26-3)23(20(22)25)13-17-10-6-15(2)7-11-17;7-4-5-2-1-3-9-6(5)8/h3-13H,14-16H2,1-2H3,(H2,26,27)(H,28,29,32);4-11H,12-13H2,1-3H3;1-3H,4,7H2,(H2,8,9). The van der Waals surface area contributed by atoms with Gasteiger partial charge in [-0.2, -0.15) is 9.97 Å². The van der Waals surface area contributed by atoms with Gasteiger partial charge in [-0.05, 0) is 68.3 Å². The first-order valence-electron chi connectivity index (χ1n) is 21.7. The molecule has 0 atom stereocenters. The first-order chi connectivity index (χ1) is 32.7. The zero-order valence-electron chi connectivity index (χ0n) is 38.8. The minimum Gasteiger partial charge on any atom is -0.383 e. The van der Waals surface area contributed by atoms with Gasteiger partial charge in [0.15, 0.2) is 5.16 Å². The van der Waals surface area contributed by atoms with Gasteiger partial charge in [-0.25, -0.2) is 38.3 Å². The lowest BCUT2D eigenvalue weighted by atomic mass is 10.1. The van der Waals surface area contributed by atoms with Crippen LogP contribution in [0.2, 0.25) is 0 Å². The third kappa shape index (κ3) is 13.4. The smallest absolute Gasteiger partial charge is 0.355 e. The second-order valence-corrected chi connectivity index (χ2v) is 16.9. The van der Waals surface area contributed by atoms with Gasteiger partial charge in [-0.1, -0.05) is 143 Å². The monoisotopic (exact) mass is 932 g/mol. The fourth-order valence-corrected chi connectivity index (χ4v) is 7.32. The molecule has 0 radical (unpaired) electrons. The van der Waals surface area contributed by atoms with Crippen LogP contribution in [-0.4, -0.2) is 44.5 Å². The Morgan fingerprint density at radius 1 is 0.500 bits per heavy atom. The molecule has 350 valence electrons. The third-order valence-electron chi connectivity index (χ3n) is 10.8. The summed E-state index contributed by atoms with van der Waals surface area (Å²) in [5.74, 6) is 1.10. The summed E-state index contributed by atoms with van der Waals surface area (Å²) in [6, 6.07) is 38.7. The van der Waals surface area contributed by atoms with Crippen LogP contribution >= 0.6 is 11.8 Å². The molecular weight excluding hydrogens is 877 g/mol. The topological polar surface area (TPSA) is 230 Å². The van der Waals surface area contributed by atoms with Crippen molar-refractivity contribution in [3.8, 4) is 0 Å². The van der Waals surface area contributed by atoms with Gasteiger partial charge in [0, 0.05) is 36.6 Å². The maximum Gasteiger partial charge on any atom is 0.355 e. The highest BCUT2D eigenvalue weighted by molar-refractivity contribution is 7.98. The molecule has 0 fully saturated rings. The van der Waals surface area contributed by atoms with E-state index in [-0.39, 0.29) is 37.8 Å². The zero-order valence-corrected chi connectivity index (χ0v) is 39.6. The molecule has 0 bridgehead atoms. The van der Waals surface area contributed by atoms with E-state index in [4.69, 9.17) is 17.2 Å². The Bertz CT molecular complexity index is 3180. The SMILES string of the molecule is CSc1nc(=O)n(Cc2ccc(C)cc2)c(=O)n1Cc1ccc(C)cc1.Cc1ccc(Cn2c(NCc3cccnc3N)nc(=O)n(Cc3ccc(C)cc3)c2=O)cc1.NCc1cccnc1N. The second-order valence-electron chi connectivity index (χ2n) is 16.1. The van der Waals surface area contributed by atoms with Crippen molar-refractivity contribution < 1.29 is 0 Å². The van der Waals surface area contributed by atoms with Crippen LogP contribution in [0.3, 0.4) is 0 Å². The molecule has 4 aromatic heterocycles. The van der Waals surface area contributed by atoms with Crippen molar-refractivity contribution in [2.75, 3.05) is 23.0 Å². The summed E-state index contributed by atoms with van der Waals surface area (Å²) >= 11 is 1.30. The Hall–Kier alpha value is -7.89. The molecule has 4 heterocycles. The van der Waals surface area contributed by atoms with Gasteiger partial charge >= 0.3 is 22.8 Å².